The quantitative estimate of drug-likeness (QED) is 0.780. The molecule has 0 aliphatic heterocycles. The maximum atomic E-state index is 13.9. The van der Waals surface area contributed by atoms with Gasteiger partial charge in [0.2, 0.25) is 5.88 Å². The Balaban J connectivity index is 2.30. The highest BCUT2D eigenvalue weighted by Crippen LogP contribution is 2.26. The normalized spacial score (nSPS) is 10.5. The Labute approximate surface area is 120 Å². The zero-order valence-corrected chi connectivity index (χ0v) is 12.4. The third-order valence-corrected chi connectivity index (χ3v) is 2.97. The average molecular weight is 325 g/mol. The number of hydrogen-bond donors (Lipinski definition) is 0. The number of benzene rings is 1. The molecule has 1 heterocycles. The molecule has 0 bridgehead atoms. The Morgan fingerprint density at radius 2 is 2.11 bits per heavy atom. The first-order valence-corrected chi connectivity index (χ1v) is 6.86. The second-order valence-electron chi connectivity index (χ2n) is 4.18. The fourth-order valence-corrected chi connectivity index (χ4v) is 2.04. The Hall–Kier alpha value is -1.49. The molecule has 3 nitrogen and oxygen atoms in total. The third-order valence-electron chi connectivity index (χ3n) is 2.56. The van der Waals surface area contributed by atoms with E-state index in [1.54, 1.807) is 31.2 Å². The van der Waals surface area contributed by atoms with Crippen LogP contribution in [0, 0.1) is 12.7 Å². The van der Waals surface area contributed by atoms with Gasteiger partial charge >= 0.3 is 0 Å². The number of ether oxygens (including phenoxy) is 1. The zero-order chi connectivity index (χ0) is 13.8. The molecule has 0 saturated carbocycles. The van der Waals surface area contributed by atoms with Crippen molar-refractivity contribution < 1.29 is 9.13 Å². The largest absolute Gasteiger partial charge is 0.436 e. The Bertz CT molecular complexity index is 590. The average Bonchev–Trinajstić information content (AvgIpc) is 2.35. The van der Waals surface area contributed by atoms with Gasteiger partial charge in [0.1, 0.15) is 10.4 Å². The van der Waals surface area contributed by atoms with Gasteiger partial charge in [0.25, 0.3) is 0 Å². The highest BCUT2D eigenvalue weighted by atomic mass is 79.9. The summed E-state index contributed by atoms with van der Waals surface area (Å²) in [5, 5.41) is 0. The minimum absolute atomic E-state index is 0.174. The van der Waals surface area contributed by atoms with Gasteiger partial charge in [-0.15, -0.1) is 0 Å². The van der Waals surface area contributed by atoms with Gasteiger partial charge in [-0.3, -0.25) is 0 Å². The summed E-state index contributed by atoms with van der Waals surface area (Å²) in [6.45, 7) is 3.74. The smallest absolute Gasteiger partial charge is 0.223 e. The number of rotatable bonds is 4. The van der Waals surface area contributed by atoms with Gasteiger partial charge in [0, 0.05) is 12.5 Å². The van der Waals surface area contributed by atoms with Crippen molar-refractivity contribution >= 4 is 15.9 Å². The van der Waals surface area contributed by atoms with Crippen LogP contribution in [0.25, 0.3) is 0 Å². The molecule has 5 heteroatoms. The molecular formula is C14H14BrFN2O. The molecule has 0 fully saturated rings. The Morgan fingerprint density at radius 1 is 1.32 bits per heavy atom. The first-order valence-electron chi connectivity index (χ1n) is 6.06. The Kier molecular flexibility index (Phi) is 4.47. The van der Waals surface area contributed by atoms with E-state index < -0.39 is 0 Å². The lowest BCUT2D eigenvalue weighted by atomic mass is 10.2. The van der Waals surface area contributed by atoms with Crippen molar-refractivity contribution in [2.24, 2.45) is 0 Å². The Morgan fingerprint density at radius 3 is 2.84 bits per heavy atom. The van der Waals surface area contributed by atoms with E-state index in [0.29, 0.717) is 21.9 Å². The predicted octanol–water partition coefficient (Wildman–Crippen LogP) is 4.43. The van der Waals surface area contributed by atoms with Gasteiger partial charge < -0.3 is 4.74 Å². The van der Waals surface area contributed by atoms with Crippen LogP contribution in [-0.2, 0) is 6.42 Å². The van der Waals surface area contributed by atoms with Crippen molar-refractivity contribution in [3.63, 3.8) is 0 Å². The number of aryl methyl sites for hydroxylation is 2. The van der Waals surface area contributed by atoms with Crippen LogP contribution >= 0.6 is 15.9 Å². The summed E-state index contributed by atoms with van der Waals surface area (Å²) in [5.41, 5.74) is 0.541. The fraction of sp³-hybridized carbons (Fsp3) is 0.286. The lowest BCUT2D eigenvalue weighted by Crippen LogP contribution is -1.99. The topological polar surface area (TPSA) is 35.0 Å². The molecular weight excluding hydrogens is 311 g/mol. The predicted molar refractivity (Wildman–Crippen MR) is 74.9 cm³/mol. The number of hydrogen-bond acceptors (Lipinski definition) is 3. The van der Waals surface area contributed by atoms with Gasteiger partial charge in [-0.1, -0.05) is 19.1 Å². The molecule has 1 aromatic heterocycles. The summed E-state index contributed by atoms with van der Waals surface area (Å²) < 4.78 is 20.0. The fourth-order valence-electron chi connectivity index (χ4n) is 1.64. The van der Waals surface area contributed by atoms with E-state index in [1.165, 1.54) is 0 Å². The number of nitrogens with zero attached hydrogens (tertiary/aromatic N) is 2. The highest BCUT2D eigenvalue weighted by Gasteiger charge is 2.09. The summed E-state index contributed by atoms with van der Waals surface area (Å²) in [6, 6.07) is 6.65. The lowest BCUT2D eigenvalue weighted by molar-refractivity contribution is 0.422. The third kappa shape index (κ3) is 3.50. The van der Waals surface area contributed by atoms with Crippen molar-refractivity contribution in [3.05, 3.63) is 46.1 Å². The van der Waals surface area contributed by atoms with Gasteiger partial charge in [-0.25, -0.2) is 9.37 Å². The molecule has 1 aromatic carbocycles. The van der Waals surface area contributed by atoms with Crippen LogP contribution in [0.15, 0.2) is 28.9 Å². The van der Waals surface area contributed by atoms with Crippen molar-refractivity contribution in [2.75, 3.05) is 0 Å². The molecule has 2 rings (SSSR count). The molecule has 0 aliphatic carbocycles. The van der Waals surface area contributed by atoms with Gasteiger partial charge in [0.05, 0.1) is 0 Å². The second kappa shape index (κ2) is 6.10. The van der Waals surface area contributed by atoms with Crippen LogP contribution in [0.5, 0.6) is 11.6 Å². The van der Waals surface area contributed by atoms with E-state index in [0.717, 1.165) is 12.8 Å². The van der Waals surface area contributed by atoms with Gasteiger partial charge in [-0.05, 0) is 40.9 Å². The molecule has 0 saturated heterocycles. The van der Waals surface area contributed by atoms with Crippen molar-refractivity contribution in [1.82, 2.24) is 9.97 Å². The molecule has 2 aromatic rings. The van der Waals surface area contributed by atoms with Gasteiger partial charge in [-0.2, -0.15) is 4.98 Å². The number of halogens is 2. The second-order valence-corrected chi connectivity index (χ2v) is 5.00. The van der Waals surface area contributed by atoms with Crippen LogP contribution < -0.4 is 4.74 Å². The standard InChI is InChI=1S/C14H14BrFN2O/c1-3-5-12-17-11(15)8-13(18-12)19-10-7-4-6-9(2)14(10)16/h4,6-8H,3,5H2,1-2H3. The van der Waals surface area contributed by atoms with Crippen molar-refractivity contribution in [2.45, 2.75) is 26.7 Å². The van der Waals surface area contributed by atoms with Crippen molar-refractivity contribution in [1.29, 1.82) is 0 Å². The first kappa shape index (κ1) is 13.9. The molecule has 0 amide bonds. The molecule has 100 valence electrons. The summed E-state index contributed by atoms with van der Waals surface area (Å²) in [7, 11) is 0. The SMILES string of the molecule is CCCc1nc(Br)cc(Oc2cccc(C)c2F)n1. The molecule has 0 unspecified atom stereocenters. The van der Waals surface area contributed by atoms with Crippen LogP contribution in [0.2, 0.25) is 0 Å². The molecule has 0 atom stereocenters. The molecule has 0 spiro atoms. The summed E-state index contributed by atoms with van der Waals surface area (Å²) in [4.78, 5) is 8.50. The van der Waals surface area contributed by atoms with Gasteiger partial charge in [0.15, 0.2) is 11.6 Å². The minimum Gasteiger partial charge on any atom is -0.436 e. The van der Waals surface area contributed by atoms with E-state index in [-0.39, 0.29) is 11.6 Å². The van der Waals surface area contributed by atoms with Crippen LogP contribution in [0.4, 0.5) is 4.39 Å². The molecule has 0 radical (unpaired) electrons. The molecule has 19 heavy (non-hydrogen) atoms. The van der Waals surface area contributed by atoms with E-state index in [1.807, 2.05) is 6.92 Å². The van der Waals surface area contributed by atoms with E-state index >= 15 is 0 Å². The highest BCUT2D eigenvalue weighted by molar-refractivity contribution is 9.10. The lowest BCUT2D eigenvalue weighted by Gasteiger charge is -2.08. The minimum atomic E-state index is -0.366. The monoisotopic (exact) mass is 324 g/mol. The van der Waals surface area contributed by atoms with E-state index in [4.69, 9.17) is 4.74 Å². The van der Waals surface area contributed by atoms with E-state index in [2.05, 4.69) is 25.9 Å². The van der Waals surface area contributed by atoms with Crippen molar-refractivity contribution in [3.8, 4) is 11.6 Å². The molecule has 0 N–H and O–H groups in total. The number of aromatic nitrogens is 2. The molecule has 0 aliphatic rings. The van der Waals surface area contributed by atoms with Crippen LogP contribution in [0.3, 0.4) is 0 Å². The first-order chi connectivity index (χ1) is 9.10. The summed E-state index contributed by atoms with van der Waals surface area (Å²) in [5.74, 6) is 0.831. The zero-order valence-electron chi connectivity index (χ0n) is 10.8. The maximum absolute atomic E-state index is 13.9. The van der Waals surface area contributed by atoms with Crippen LogP contribution in [-0.4, -0.2) is 9.97 Å². The summed E-state index contributed by atoms with van der Waals surface area (Å²) in [6.07, 6.45) is 1.70. The van der Waals surface area contributed by atoms with E-state index in [9.17, 15) is 4.39 Å². The van der Waals surface area contributed by atoms with Crippen LogP contribution in [0.1, 0.15) is 24.7 Å². The summed E-state index contributed by atoms with van der Waals surface area (Å²) >= 11 is 3.30. The maximum Gasteiger partial charge on any atom is 0.223 e.